The summed E-state index contributed by atoms with van der Waals surface area (Å²) >= 11 is 1.96. The fraction of sp³-hybridized carbons (Fsp3) is 0. The molecule has 2 aromatic carbocycles. The minimum atomic E-state index is 0.0544. The molecule has 0 N–H and O–H groups in total. The Morgan fingerprint density at radius 1 is 0.714 bits per heavy atom. The summed E-state index contributed by atoms with van der Waals surface area (Å²) in [6, 6.07) is 17.6. The summed E-state index contributed by atoms with van der Waals surface area (Å²) < 4.78 is 3.13. The van der Waals surface area contributed by atoms with Crippen LogP contribution in [0.1, 0.15) is 0 Å². The Hall–Kier alpha value is -0.480. The van der Waals surface area contributed by atoms with Crippen molar-refractivity contribution < 1.29 is 21.2 Å². The lowest BCUT2D eigenvalue weighted by molar-refractivity contribution is -0.606. The minimum Gasteiger partial charge on any atom is -0.0805 e. The Morgan fingerprint density at radius 2 is 1.21 bits per heavy atom. The lowest BCUT2D eigenvalue weighted by Crippen LogP contribution is -3.62. The number of benzene rings is 2. The molecule has 2 heteroatoms. The molecule has 1 heterocycles. The van der Waals surface area contributed by atoms with Crippen molar-refractivity contribution in [2.45, 2.75) is 9.79 Å². The van der Waals surface area contributed by atoms with Gasteiger partial charge in [0.05, 0.1) is 9.79 Å². The van der Waals surface area contributed by atoms with Crippen LogP contribution < -0.4 is 21.2 Å². The Labute approximate surface area is 98.0 Å². The van der Waals surface area contributed by atoms with Gasteiger partial charge in [-0.1, -0.05) is 36.0 Å². The monoisotopic (exact) mass is 311 g/mol. The van der Waals surface area contributed by atoms with Crippen LogP contribution in [0.4, 0.5) is 0 Å². The third-order valence-corrected chi connectivity index (χ3v) is 7.02. The van der Waals surface area contributed by atoms with Crippen LogP contribution in [0.3, 0.4) is 0 Å². The van der Waals surface area contributed by atoms with Crippen LogP contribution in [0.5, 0.6) is 0 Å². The Kier molecular flexibility index (Phi) is 2.25. The summed E-state index contributed by atoms with van der Waals surface area (Å²) in [6.45, 7) is 0. The Morgan fingerprint density at radius 3 is 1.79 bits per heavy atom. The van der Waals surface area contributed by atoms with Crippen molar-refractivity contribution in [3.05, 3.63) is 55.7 Å². The third kappa shape index (κ3) is 1.46. The van der Waals surface area contributed by atoms with Gasteiger partial charge in [0.25, 0.3) is 0 Å². The van der Waals surface area contributed by atoms with Crippen molar-refractivity contribution in [1.29, 1.82) is 0 Å². The molecule has 0 bridgehead atoms. The van der Waals surface area contributed by atoms with Crippen molar-refractivity contribution >= 4 is 11.8 Å². The molecule has 0 aromatic heterocycles. The minimum absolute atomic E-state index is 0.0544. The molecule has 1 aliphatic rings. The van der Waals surface area contributed by atoms with E-state index in [0.29, 0.717) is 0 Å². The molecule has 0 fully saturated rings. The highest BCUT2D eigenvalue weighted by Gasteiger charge is 2.28. The van der Waals surface area contributed by atoms with Crippen molar-refractivity contribution in [3.63, 3.8) is 0 Å². The first-order valence-corrected chi connectivity index (χ1v) is 7.41. The first-order valence-electron chi connectivity index (χ1n) is 4.44. The average Bonchev–Trinajstić information content (AvgIpc) is 2.26. The van der Waals surface area contributed by atoms with E-state index in [-0.39, 0.29) is 21.2 Å². The van der Waals surface area contributed by atoms with Gasteiger partial charge in [0, 0.05) is 0 Å². The maximum absolute atomic E-state index is 2.27. The van der Waals surface area contributed by atoms with Gasteiger partial charge in [0.15, 0.2) is 0 Å². The van der Waals surface area contributed by atoms with Crippen LogP contribution in [0, 0.1) is 7.14 Å². The van der Waals surface area contributed by atoms with E-state index in [9.17, 15) is 0 Å². The largest absolute Gasteiger partial charge is 0.360 e. The quantitative estimate of drug-likeness (QED) is 0.538. The van der Waals surface area contributed by atoms with Crippen LogP contribution in [-0.2, 0) is 0 Å². The fourth-order valence-corrected chi connectivity index (χ4v) is 5.77. The molecule has 3 rings (SSSR count). The standard InChI is InChI=1S/C12H8IS/c1-3-7-11-9(5-1)13-10-6-2-4-8-12(10)14-11/h1-8H/q+1. The zero-order valence-electron chi connectivity index (χ0n) is 7.41. The van der Waals surface area contributed by atoms with Gasteiger partial charge in [-0.15, -0.1) is 0 Å². The zero-order chi connectivity index (χ0) is 9.38. The molecule has 0 atom stereocenters. The molecule has 2 aromatic rings. The van der Waals surface area contributed by atoms with Crippen molar-refractivity contribution in [3.8, 4) is 0 Å². The van der Waals surface area contributed by atoms with Gasteiger partial charge < -0.3 is 0 Å². The second-order valence-corrected chi connectivity index (χ2v) is 7.00. The summed E-state index contributed by atoms with van der Waals surface area (Å²) in [7, 11) is 0. The van der Waals surface area contributed by atoms with Crippen LogP contribution in [0.25, 0.3) is 0 Å². The van der Waals surface area contributed by atoms with Crippen molar-refractivity contribution in [2.24, 2.45) is 0 Å². The van der Waals surface area contributed by atoms with Crippen molar-refractivity contribution in [1.82, 2.24) is 0 Å². The fourth-order valence-electron chi connectivity index (χ4n) is 1.44. The van der Waals surface area contributed by atoms with E-state index in [1.807, 2.05) is 11.8 Å². The average molecular weight is 311 g/mol. The van der Waals surface area contributed by atoms with Gasteiger partial charge >= 0.3 is 21.2 Å². The van der Waals surface area contributed by atoms with E-state index in [4.69, 9.17) is 0 Å². The topological polar surface area (TPSA) is 0 Å². The molecular weight excluding hydrogens is 303 g/mol. The summed E-state index contributed by atoms with van der Waals surface area (Å²) in [4.78, 5) is 2.91. The summed E-state index contributed by atoms with van der Waals surface area (Å²) in [5.74, 6) is 0. The van der Waals surface area contributed by atoms with Crippen LogP contribution in [0.2, 0.25) is 0 Å². The van der Waals surface area contributed by atoms with E-state index in [2.05, 4.69) is 48.5 Å². The second kappa shape index (κ2) is 3.59. The predicted octanol–water partition coefficient (Wildman–Crippen LogP) is 0.280. The third-order valence-electron chi connectivity index (χ3n) is 2.10. The van der Waals surface area contributed by atoms with Gasteiger partial charge in [-0.3, -0.25) is 0 Å². The van der Waals surface area contributed by atoms with Gasteiger partial charge in [-0.25, -0.2) is 0 Å². The number of hydrogen-bond donors (Lipinski definition) is 0. The van der Waals surface area contributed by atoms with Crippen molar-refractivity contribution in [2.75, 3.05) is 0 Å². The molecule has 0 aliphatic carbocycles. The van der Waals surface area contributed by atoms with Gasteiger partial charge in [-0.05, 0) is 24.3 Å². The zero-order valence-corrected chi connectivity index (χ0v) is 10.4. The molecule has 0 saturated carbocycles. The number of rotatable bonds is 0. The Balaban J connectivity index is 2.12. The Bertz CT molecular complexity index is 392. The number of halogens is 1. The van der Waals surface area contributed by atoms with Gasteiger partial charge in [-0.2, -0.15) is 0 Å². The molecule has 14 heavy (non-hydrogen) atoms. The van der Waals surface area contributed by atoms with E-state index in [1.165, 1.54) is 9.79 Å². The molecule has 0 unspecified atom stereocenters. The van der Waals surface area contributed by atoms with E-state index < -0.39 is 0 Å². The van der Waals surface area contributed by atoms with E-state index in [0.717, 1.165) is 0 Å². The predicted molar refractivity (Wildman–Crippen MR) is 54.4 cm³/mol. The maximum atomic E-state index is 2.27. The van der Waals surface area contributed by atoms with Crippen LogP contribution in [-0.4, -0.2) is 0 Å². The molecule has 0 nitrogen and oxygen atoms in total. The highest BCUT2D eigenvalue weighted by atomic mass is 127. The maximum Gasteiger partial charge on any atom is 0.360 e. The smallest absolute Gasteiger partial charge is 0.0805 e. The lowest BCUT2D eigenvalue weighted by Gasteiger charge is -2.06. The summed E-state index contributed by atoms with van der Waals surface area (Å²) in [5, 5.41) is 0. The van der Waals surface area contributed by atoms with E-state index >= 15 is 0 Å². The molecule has 0 spiro atoms. The van der Waals surface area contributed by atoms with Crippen LogP contribution in [0.15, 0.2) is 58.3 Å². The number of hydrogen-bond acceptors (Lipinski definition) is 1. The normalized spacial score (nSPS) is 13.1. The van der Waals surface area contributed by atoms with E-state index in [1.54, 1.807) is 7.14 Å². The van der Waals surface area contributed by atoms with Gasteiger partial charge in [0.2, 0.25) is 7.14 Å². The van der Waals surface area contributed by atoms with Crippen LogP contribution >= 0.6 is 11.8 Å². The highest BCUT2D eigenvalue weighted by molar-refractivity contribution is 7.99. The SMILES string of the molecule is c1ccc2c(c1)Sc1ccccc1[I+]2. The first-order chi connectivity index (χ1) is 6.93. The highest BCUT2D eigenvalue weighted by Crippen LogP contribution is 2.28. The first kappa shape index (κ1) is 8.80. The molecule has 0 amide bonds. The molecule has 0 radical (unpaired) electrons. The van der Waals surface area contributed by atoms with Gasteiger partial charge in [0.1, 0.15) is 0 Å². The second-order valence-electron chi connectivity index (χ2n) is 3.06. The lowest BCUT2D eigenvalue weighted by atomic mass is 10.4. The number of fused-ring (bicyclic) bond motifs is 2. The summed E-state index contributed by atoms with van der Waals surface area (Å²) in [6.07, 6.45) is 0. The molecule has 1 aliphatic heterocycles. The summed E-state index contributed by atoms with van der Waals surface area (Å²) in [5.41, 5.74) is 0. The molecular formula is C12H8IS+. The molecule has 68 valence electrons. The molecule has 0 saturated heterocycles.